The molecule has 1 aromatic carbocycles. The van der Waals surface area contributed by atoms with E-state index < -0.39 is 23.6 Å². The third-order valence-electron chi connectivity index (χ3n) is 3.15. The van der Waals surface area contributed by atoms with Crippen molar-refractivity contribution in [2.45, 2.75) is 13.3 Å². The Labute approximate surface area is 133 Å². The molecule has 0 aliphatic rings. The number of aliphatic hydroxyl groups excluding tert-OH is 1. The molecule has 1 atom stereocenters. The largest absolute Gasteiger partial charge is 0.469 e. The van der Waals surface area contributed by atoms with Gasteiger partial charge in [0.25, 0.3) is 5.91 Å². The Kier molecular flexibility index (Phi) is 7.27. The lowest BCUT2D eigenvalue weighted by Crippen LogP contribution is -2.38. The number of rotatable bonds is 7. The first kappa shape index (κ1) is 18.4. The van der Waals surface area contributed by atoms with Crippen molar-refractivity contribution in [3.05, 3.63) is 34.6 Å². The van der Waals surface area contributed by atoms with E-state index in [2.05, 4.69) is 4.74 Å². The van der Waals surface area contributed by atoms with E-state index in [1.807, 2.05) is 0 Å². The van der Waals surface area contributed by atoms with E-state index in [4.69, 9.17) is 16.7 Å². The molecule has 7 heteroatoms. The first-order chi connectivity index (χ1) is 10.4. The van der Waals surface area contributed by atoms with Crippen LogP contribution in [-0.2, 0) is 9.53 Å². The van der Waals surface area contributed by atoms with Gasteiger partial charge in [0.15, 0.2) is 0 Å². The summed E-state index contributed by atoms with van der Waals surface area (Å²) in [5.41, 5.74) is -0.237. The molecule has 0 aromatic heterocycles. The van der Waals surface area contributed by atoms with E-state index in [1.165, 1.54) is 24.1 Å². The van der Waals surface area contributed by atoms with E-state index in [-0.39, 0.29) is 30.3 Å². The summed E-state index contributed by atoms with van der Waals surface area (Å²) in [7, 11) is 1.26. The summed E-state index contributed by atoms with van der Waals surface area (Å²) >= 11 is 5.90. The van der Waals surface area contributed by atoms with Gasteiger partial charge in [-0.3, -0.25) is 9.59 Å². The van der Waals surface area contributed by atoms with Gasteiger partial charge in [-0.2, -0.15) is 0 Å². The zero-order chi connectivity index (χ0) is 16.7. The van der Waals surface area contributed by atoms with Gasteiger partial charge in [-0.05, 0) is 18.6 Å². The quantitative estimate of drug-likeness (QED) is 0.777. The van der Waals surface area contributed by atoms with Gasteiger partial charge >= 0.3 is 5.97 Å². The van der Waals surface area contributed by atoms with Crippen LogP contribution < -0.4 is 0 Å². The van der Waals surface area contributed by atoms with Gasteiger partial charge in [0.2, 0.25) is 0 Å². The number of hydrogen-bond acceptors (Lipinski definition) is 4. The van der Waals surface area contributed by atoms with Gasteiger partial charge in [-0.15, -0.1) is 0 Å². The lowest BCUT2D eigenvalue weighted by molar-refractivity contribution is -0.145. The van der Waals surface area contributed by atoms with Crippen LogP contribution in [0, 0.1) is 11.7 Å². The smallest absolute Gasteiger partial charge is 0.310 e. The van der Waals surface area contributed by atoms with Crippen LogP contribution in [0.5, 0.6) is 0 Å². The molecule has 5 nitrogen and oxygen atoms in total. The fourth-order valence-corrected chi connectivity index (χ4v) is 2.25. The Bertz CT molecular complexity index is 518. The average Bonchev–Trinajstić information content (AvgIpc) is 2.49. The number of halogens is 2. The third kappa shape index (κ3) is 4.68. The predicted octanol–water partition coefficient (Wildman–Crippen LogP) is 2.11. The zero-order valence-electron chi connectivity index (χ0n) is 12.5. The van der Waals surface area contributed by atoms with Crippen molar-refractivity contribution in [1.29, 1.82) is 0 Å². The van der Waals surface area contributed by atoms with Crippen LogP contribution >= 0.6 is 11.6 Å². The second kappa shape index (κ2) is 8.70. The summed E-state index contributed by atoms with van der Waals surface area (Å²) in [6.07, 6.45) is 0.311. The van der Waals surface area contributed by atoms with Crippen LogP contribution in [0.3, 0.4) is 0 Å². The molecule has 1 N–H and O–H groups in total. The Morgan fingerprint density at radius 3 is 2.68 bits per heavy atom. The molecule has 0 spiro atoms. The summed E-state index contributed by atoms with van der Waals surface area (Å²) in [6, 6.07) is 3.97. The lowest BCUT2D eigenvalue weighted by Gasteiger charge is -2.25. The van der Waals surface area contributed by atoms with Gasteiger partial charge in [-0.25, -0.2) is 4.39 Å². The van der Waals surface area contributed by atoms with E-state index in [0.29, 0.717) is 6.42 Å². The highest BCUT2D eigenvalue weighted by Crippen LogP contribution is 2.21. The molecule has 0 bridgehead atoms. The molecule has 1 unspecified atom stereocenters. The number of methoxy groups -OCH3 is 1. The maximum Gasteiger partial charge on any atom is 0.310 e. The number of carbonyl (C=O) groups is 2. The Morgan fingerprint density at radius 1 is 1.45 bits per heavy atom. The number of hydrogen-bond donors (Lipinski definition) is 1. The molecule has 0 fully saturated rings. The highest BCUT2D eigenvalue weighted by atomic mass is 35.5. The number of ether oxygens (including phenoxy) is 1. The number of amides is 1. The maximum atomic E-state index is 13.9. The summed E-state index contributed by atoms with van der Waals surface area (Å²) < 4.78 is 18.5. The molecule has 0 radical (unpaired) electrons. The SMILES string of the molecule is COC(=O)C(C)CN(CCCO)C(=O)c1c(F)cccc1Cl. The van der Waals surface area contributed by atoms with Crippen LogP contribution in [-0.4, -0.2) is 48.7 Å². The lowest BCUT2D eigenvalue weighted by atomic mass is 10.1. The standard InChI is InChI=1S/C15H19ClFNO4/c1-10(15(21)22-2)9-18(7-4-8-19)14(20)13-11(16)5-3-6-12(13)17/h3,5-6,10,19H,4,7-9H2,1-2H3. The van der Waals surface area contributed by atoms with E-state index in [0.717, 1.165) is 6.07 Å². The topological polar surface area (TPSA) is 66.8 Å². The highest BCUT2D eigenvalue weighted by molar-refractivity contribution is 6.33. The van der Waals surface area contributed by atoms with Crippen LogP contribution in [0.2, 0.25) is 5.02 Å². The van der Waals surface area contributed by atoms with Gasteiger partial charge < -0.3 is 14.7 Å². The van der Waals surface area contributed by atoms with Crippen molar-refractivity contribution in [3.8, 4) is 0 Å². The van der Waals surface area contributed by atoms with Crippen molar-refractivity contribution >= 4 is 23.5 Å². The van der Waals surface area contributed by atoms with Crippen molar-refractivity contribution in [1.82, 2.24) is 4.90 Å². The molecule has 1 amide bonds. The summed E-state index contributed by atoms with van der Waals surface area (Å²) in [4.78, 5) is 25.3. The minimum absolute atomic E-state index is 0.00437. The first-order valence-corrected chi connectivity index (χ1v) is 7.22. The molecule has 0 saturated carbocycles. The summed E-state index contributed by atoms with van der Waals surface area (Å²) in [6.45, 7) is 1.72. The molecular formula is C15H19ClFNO4. The van der Waals surface area contributed by atoms with Crippen molar-refractivity contribution in [3.63, 3.8) is 0 Å². The predicted molar refractivity (Wildman–Crippen MR) is 80.2 cm³/mol. The first-order valence-electron chi connectivity index (χ1n) is 6.84. The van der Waals surface area contributed by atoms with Crippen molar-refractivity contribution in [2.75, 3.05) is 26.8 Å². The molecular weight excluding hydrogens is 313 g/mol. The van der Waals surface area contributed by atoms with Gasteiger partial charge in [-0.1, -0.05) is 24.6 Å². The fourth-order valence-electron chi connectivity index (χ4n) is 2.00. The fraction of sp³-hybridized carbons (Fsp3) is 0.467. The minimum Gasteiger partial charge on any atom is -0.469 e. The van der Waals surface area contributed by atoms with Crippen LogP contribution in [0.1, 0.15) is 23.7 Å². The van der Waals surface area contributed by atoms with Crippen LogP contribution in [0.25, 0.3) is 0 Å². The monoisotopic (exact) mass is 331 g/mol. The zero-order valence-corrected chi connectivity index (χ0v) is 13.3. The molecule has 122 valence electrons. The van der Waals surface area contributed by atoms with E-state index in [1.54, 1.807) is 6.92 Å². The Hall–Kier alpha value is -1.66. The summed E-state index contributed by atoms with van der Waals surface area (Å²) in [5.74, 6) is -2.39. The second-order valence-electron chi connectivity index (χ2n) is 4.85. The molecule has 22 heavy (non-hydrogen) atoms. The van der Waals surface area contributed by atoms with E-state index in [9.17, 15) is 14.0 Å². The molecule has 0 heterocycles. The molecule has 0 aliphatic carbocycles. The second-order valence-corrected chi connectivity index (χ2v) is 5.26. The average molecular weight is 332 g/mol. The molecule has 1 rings (SSSR count). The van der Waals surface area contributed by atoms with Crippen LogP contribution in [0.15, 0.2) is 18.2 Å². The number of benzene rings is 1. The normalized spacial score (nSPS) is 11.9. The number of carbonyl (C=O) groups excluding carboxylic acids is 2. The van der Waals surface area contributed by atoms with Gasteiger partial charge in [0.05, 0.1) is 23.6 Å². The van der Waals surface area contributed by atoms with E-state index >= 15 is 0 Å². The van der Waals surface area contributed by atoms with Crippen molar-refractivity contribution < 1.29 is 23.8 Å². The molecule has 0 saturated heterocycles. The highest BCUT2D eigenvalue weighted by Gasteiger charge is 2.25. The number of esters is 1. The maximum absolute atomic E-state index is 13.9. The summed E-state index contributed by atoms with van der Waals surface area (Å²) in [5, 5.41) is 8.94. The Balaban J connectivity index is 3.00. The van der Waals surface area contributed by atoms with Crippen LogP contribution in [0.4, 0.5) is 4.39 Å². The van der Waals surface area contributed by atoms with Gasteiger partial charge in [0, 0.05) is 19.7 Å². The number of nitrogens with zero attached hydrogens (tertiary/aromatic N) is 1. The third-order valence-corrected chi connectivity index (χ3v) is 3.46. The van der Waals surface area contributed by atoms with Gasteiger partial charge in [0.1, 0.15) is 5.82 Å². The molecule has 0 aliphatic heterocycles. The van der Waals surface area contributed by atoms with Crippen molar-refractivity contribution in [2.24, 2.45) is 5.92 Å². The minimum atomic E-state index is -0.725. The molecule has 1 aromatic rings. The Morgan fingerprint density at radius 2 is 2.14 bits per heavy atom. The number of aliphatic hydroxyl groups is 1.